The van der Waals surface area contributed by atoms with E-state index in [1.54, 1.807) is 13.0 Å². The number of thioether (sulfide) groups is 1. The number of aldehydes is 1. The van der Waals surface area contributed by atoms with Crippen molar-refractivity contribution in [1.29, 1.82) is 0 Å². The van der Waals surface area contributed by atoms with Crippen LogP contribution in [0.4, 0.5) is 11.4 Å². The molecule has 0 saturated heterocycles. The third kappa shape index (κ3) is 12.9. The summed E-state index contributed by atoms with van der Waals surface area (Å²) in [6.45, 7) is 11.9. The van der Waals surface area contributed by atoms with E-state index in [0.29, 0.717) is 66.9 Å². The zero-order valence-corrected chi connectivity index (χ0v) is 51.0. The van der Waals surface area contributed by atoms with E-state index in [2.05, 4.69) is 67.0 Å². The summed E-state index contributed by atoms with van der Waals surface area (Å²) in [7, 11) is -4.26. The van der Waals surface area contributed by atoms with Crippen molar-refractivity contribution in [2.45, 2.75) is 196 Å². The van der Waals surface area contributed by atoms with Crippen LogP contribution in [-0.4, -0.2) is 107 Å². The number of aliphatic hydroxyl groups is 3. The molecule has 4 saturated carbocycles. The first-order valence-electron chi connectivity index (χ1n) is 30.4. The van der Waals surface area contributed by atoms with Gasteiger partial charge in [0, 0.05) is 24.7 Å². The van der Waals surface area contributed by atoms with Crippen LogP contribution in [0.3, 0.4) is 0 Å². The topological polar surface area (TPSA) is 252 Å². The number of carbonyl (C=O) groups is 4. The first-order valence-corrected chi connectivity index (χ1v) is 33.1. The van der Waals surface area contributed by atoms with Crippen molar-refractivity contribution in [3.63, 3.8) is 0 Å². The van der Waals surface area contributed by atoms with Crippen LogP contribution in [-0.2, 0) is 35.6 Å². The maximum absolute atomic E-state index is 15.1. The summed E-state index contributed by atoms with van der Waals surface area (Å²) in [4.78, 5) is 54.8. The number of ether oxygens (including phenoxy) is 1. The number of unbranched alkanes of at least 4 members (excludes halogenated alkanes) is 2. The molecule has 1 heterocycles. The number of rotatable bonds is 25. The van der Waals surface area contributed by atoms with Crippen molar-refractivity contribution in [1.82, 2.24) is 15.4 Å². The number of amides is 2. The number of carboxylic acid groups (broad SMARTS) is 1. The summed E-state index contributed by atoms with van der Waals surface area (Å²) in [6, 6.07) is 15.8. The quantitative estimate of drug-likeness (QED) is 0.0290. The van der Waals surface area contributed by atoms with Crippen molar-refractivity contribution in [2.24, 2.45) is 52.3 Å². The minimum absolute atomic E-state index is 0.0317. The van der Waals surface area contributed by atoms with E-state index in [-0.39, 0.29) is 75.4 Å². The lowest BCUT2D eigenvalue weighted by molar-refractivity contribution is -0.203. The fourth-order valence-corrected chi connectivity index (χ4v) is 18.5. The fourth-order valence-electron chi connectivity index (χ4n) is 16.3. The Morgan fingerprint density at radius 2 is 1.62 bits per heavy atom. The summed E-state index contributed by atoms with van der Waals surface area (Å²) in [5, 5.41) is 58.9. The molecule has 2 amide bonds. The number of phenolic OH excluding ortho intramolecular Hbond substituents is 1. The molecule has 5 aliphatic rings. The predicted octanol–water partition coefficient (Wildman–Crippen LogP) is 10.0. The normalized spacial score (nSPS) is 29.5. The molecular formula is C64H92N4O12S2. The van der Waals surface area contributed by atoms with Gasteiger partial charge in [0.1, 0.15) is 34.3 Å². The number of hydrogen-bond donors (Lipinski definition) is 8. The van der Waals surface area contributed by atoms with Crippen LogP contribution < -0.4 is 25.0 Å². The number of aliphatic hydroxyl groups excluding tert-OH is 3. The van der Waals surface area contributed by atoms with Gasteiger partial charge in [-0.05, 0) is 177 Å². The molecule has 13 atom stereocenters. The average molecular weight is 1170 g/mol. The smallest absolute Gasteiger partial charge is 0.303 e. The maximum Gasteiger partial charge on any atom is 0.303 e. The summed E-state index contributed by atoms with van der Waals surface area (Å²) in [5.41, 5.74) is 0.0279. The molecule has 18 heteroatoms. The number of hydrogen-bond acceptors (Lipinski definition) is 13. The van der Waals surface area contributed by atoms with E-state index in [0.717, 1.165) is 88.3 Å². The van der Waals surface area contributed by atoms with Gasteiger partial charge in [0.05, 0.1) is 34.9 Å². The van der Waals surface area contributed by atoms with E-state index >= 15 is 8.42 Å². The number of aliphatic carboxylic acids is 1. The molecule has 452 valence electrons. The number of benzene rings is 3. The summed E-state index contributed by atoms with van der Waals surface area (Å²) in [6.07, 6.45) is 14.6. The Kier molecular flexibility index (Phi) is 20.3. The highest BCUT2D eigenvalue weighted by molar-refractivity contribution is 7.98. The Hall–Kier alpha value is -4.72. The lowest BCUT2D eigenvalue weighted by Gasteiger charge is -2.64. The number of phenols is 1. The predicted molar refractivity (Wildman–Crippen MR) is 318 cm³/mol. The van der Waals surface area contributed by atoms with Gasteiger partial charge < -0.3 is 50.6 Å². The standard InChI is InChI=1S/C64H92N4O12S2/c1-8-12-27-64(28-13-9-2)37-68(51-34-53(81-7)52(35-54(51)82(78,79)67-64)80-36-55(73)65-58(41-17-20-44(71)21-18-41)60(77)66-63(11-4,38-69)39-70)43-16-14-15-40(32-43)31-42(19-24-56(74)75)47-22-23-48-57-49(26-30-61(47,48)5)62(6)29-25-45(72)33-50(62)46(10-3)59(57)76/h14-18,20-21,32,34-35,38,42,45-50,57-59,67,70-72,76H,8-13,19,22-31,33,36-37,39H2,1-7H3,(H,65,73)(H,66,77)(H,74,75)/t42?,45-,46-,47-,48+,49+,50+,57+,58-,59-,61-,62-,63+/m1/s1. The van der Waals surface area contributed by atoms with Crippen LogP contribution >= 0.6 is 11.8 Å². The molecule has 0 aromatic heterocycles. The number of nitrogens with one attached hydrogen (secondary N) is 3. The molecule has 82 heavy (non-hydrogen) atoms. The van der Waals surface area contributed by atoms with Crippen LogP contribution in [0.15, 0.2) is 70.5 Å². The summed E-state index contributed by atoms with van der Waals surface area (Å²) < 4.78 is 39.6. The molecule has 1 aliphatic heterocycles. The average Bonchev–Trinajstić information content (AvgIpc) is 2.84. The highest BCUT2D eigenvalue weighted by atomic mass is 32.2. The molecule has 3 aromatic carbocycles. The monoisotopic (exact) mass is 1170 g/mol. The lowest BCUT2D eigenvalue weighted by Crippen LogP contribution is -2.62. The van der Waals surface area contributed by atoms with Gasteiger partial charge in [0.25, 0.3) is 5.91 Å². The Bertz CT molecular complexity index is 2840. The first-order chi connectivity index (χ1) is 39.1. The lowest BCUT2D eigenvalue weighted by atomic mass is 9.41. The first kappa shape index (κ1) is 63.3. The second-order valence-corrected chi connectivity index (χ2v) is 28.0. The number of nitrogens with zero attached hydrogens (tertiary/aromatic N) is 1. The van der Waals surface area contributed by atoms with E-state index < -0.39 is 64.2 Å². The third-order valence-electron chi connectivity index (χ3n) is 20.8. The van der Waals surface area contributed by atoms with E-state index in [1.165, 1.54) is 42.1 Å². The number of sulfonamides is 1. The fraction of sp³-hybridized carbons (Fsp3) is 0.656. The second-order valence-electron chi connectivity index (χ2n) is 25.5. The largest absolute Gasteiger partial charge is 0.508 e. The van der Waals surface area contributed by atoms with E-state index in [4.69, 9.17) is 4.74 Å². The molecule has 0 radical (unpaired) electrons. The molecule has 4 aliphatic carbocycles. The number of fused-ring (bicyclic) bond motifs is 6. The van der Waals surface area contributed by atoms with E-state index in [9.17, 15) is 44.7 Å². The highest BCUT2D eigenvalue weighted by Gasteiger charge is 2.65. The van der Waals surface area contributed by atoms with Gasteiger partial charge in [-0.15, -0.1) is 11.8 Å². The van der Waals surface area contributed by atoms with Gasteiger partial charge >= 0.3 is 5.97 Å². The minimum atomic E-state index is -4.26. The zero-order chi connectivity index (χ0) is 59.4. The molecule has 0 spiro atoms. The molecule has 16 nitrogen and oxygen atoms in total. The Morgan fingerprint density at radius 3 is 2.26 bits per heavy atom. The highest BCUT2D eigenvalue weighted by Crippen LogP contribution is 2.70. The maximum atomic E-state index is 15.1. The van der Waals surface area contributed by atoms with Crippen molar-refractivity contribution < 1.29 is 57.9 Å². The SMILES string of the molecule is CCCCC1(CCCC)CN(c2cccc(CC(CCC(=O)O)[C@H]3CC[C@H]4[C@@H]5[C@H](O)[C@H](CC)[C@@H]6C[C@H](O)CC[C@]6(C)[C@H]5CC[C@]34C)c2)c2cc(SC)c(OCC(=O)N[C@@H](C(=O)N[C@](C=O)(CC)CO)c3ccc(O)cc3)cc2S(=O)(=O)N1. The van der Waals surface area contributed by atoms with Crippen LogP contribution in [0.2, 0.25) is 0 Å². The van der Waals surface area contributed by atoms with Crippen LogP contribution in [0.5, 0.6) is 11.5 Å². The van der Waals surface area contributed by atoms with Crippen LogP contribution in [0.25, 0.3) is 0 Å². The molecule has 3 aromatic rings. The second kappa shape index (κ2) is 26.3. The molecule has 8 N–H and O–H groups in total. The van der Waals surface area contributed by atoms with Crippen molar-refractivity contribution in [3.8, 4) is 11.5 Å². The Morgan fingerprint density at radius 1 is 0.927 bits per heavy atom. The van der Waals surface area contributed by atoms with Gasteiger partial charge in [-0.25, -0.2) is 13.1 Å². The summed E-state index contributed by atoms with van der Waals surface area (Å²) in [5.74, 6) is -0.784. The van der Waals surface area contributed by atoms with Gasteiger partial charge in [-0.1, -0.05) is 97.9 Å². The molecule has 4 fully saturated rings. The Labute approximate surface area is 490 Å². The number of carbonyl (C=O) groups excluding carboxylic acids is 3. The van der Waals surface area contributed by atoms with Crippen LogP contribution in [0, 0.1) is 52.3 Å². The minimum Gasteiger partial charge on any atom is -0.508 e. The van der Waals surface area contributed by atoms with Gasteiger partial charge in [0.15, 0.2) is 6.61 Å². The van der Waals surface area contributed by atoms with Gasteiger partial charge in [0.2, 0.25) is 15.9 Å². The summed E-state index contributed by atoms with van der Waals surface area (Å²) >= 11 is 1.32. The van der Waals surface area contributed by atoms with Crippen molar-refractivity contribution >= 4 is 57.2 Å². The number of carboxylic acids is 1. The molecular weight excluding hydrogens is 1080 g/mol. The molecule has 1 unspecified atom stereocenters. The van der Waals surface area contributed by atoms with Gasteiger partial charge in [-0.3, -0.25) is 14.4 Å². The number of aromatic hydroxyl groups is 1. The van der Waals surface area contributed by atoms with Crippen LogP contribution in [0.1, 0.15) is 168 Å². The van der Waals surface area contributed by atoms with Crippen molar-refractivity contribution in [3.05, 3.63) is 71.8 Å². The van der Waals surface area contributed by atoms with Gasteiger partial charge in [-0.2, -0.15) is 0 Å². The molecule has 8 rings (SSSR count). The van der Waals surface area contributed by atoms with Crippen molar-refractivity contribution in [2.75, 3.05) is 30.9 Å². The third-order valence-corrected chi connectivity index (χ3v) is 23.2. The number of anilines is 2. The zero-order valence-electron chi connectivity index (χ0n) is 49.3. The Balaban J connectivity index is 1.12. The van der Waals surface area contributed by atoms with E-state index in [1.807, 2.05) is 18.4 Å². The molecule has 0 bridgehead atoms.